The molecule has 2 aromatic carbocycles. The molecular weight excluding hydrogens is 376 g/mol. The van der Waals surface area contributed by atoms with Gasteiger partial charge in [0.1, 0.15) is 6.26 Å². The zero-order valence-electron chi connectivity index (χ0n) is 16.6. The monoisotopic (exact) mass is 400 g/mol. The number of carbonyl (C=O) groups excluding carboxylic acids is 2. The van der Waals surface area contributed by atoms with E-state index in [4.69, 9.17) is 4.42 Å². The van der Waals surface area contributed by atoms with E-state index < -0.39 is 0 Å². The van der Waals surface area contributed by atoms with Gasteiger partial charge < -0.3 is 15.1 Å². The molecule has 1 atom stereocenters. The number of furan rings is 1. The van der Waals surface area contributed by atoms with Crippen molar-refractivity contribution < 1.29 is 14.0 Å². The summed E-state index contributed by atoms with van der Waals surface area (Å²) in [6.07, 6.45) is 4.16. The fraction of sp³-hybridized carbons (Fsp3) is 0.280. The summed E-state index contributed by atoms with van der Waals surface area (Å²) in [5.41, 5.74) is 6.14. The van der Waals surface area contributed by atoms with Crippen LogP contribution in [0.5, 0.6) is 0 Å². The summed E-state index contributed by atoms with van der Waals surface area (Å²) in [5.74, 6) is 0.839. The van der Waals surface area contributed by atoms with Gasteiger partial charge in [0.05, 0.1) is 11.8 Å². The molecule has 30 heavy (non-hydrogen) atoms. The standard InChI is InChI=1S/C25H24N2O3/c28-23(9-11-26-25(29)16-10-12-30-15-16)27-14-17-13-22-18-5-1-3-7-20(18)24(17)21-8-4-2-6-19(21)22/h1-8,10,12,15,17,22,24H,9,11,13-14H2,(H,26,29)(H,27,28). The Bertz CT molecular complexity index is 1030. The Labute approximate surface area is 175 Å². The van der Waals surface area contributed by atoms with E-state index in [0.29, 0.717) is 36.4 Å². The number of rotatable bonds is 6. The van der Waals surface area contributed by atoms with Crippen molar-refractivity contribution in [2.45, 2.75) is 24.7 Å². The van der Waals surface area contributed by atoms with Gasteiger partial charge in [0, 0.05) is 31.3 Å². The average Bonchev–Trinajstić information content (AvgIpc) is 3.33. The second-order valence-corrected chi connectivity index (χ2v) is 8.11. The van der Waals surface area contributed by atoms with Crippen LogP contribution >= 0.6 is 0 Å². The van der Waals surface area contributed by atoms with E-state index in [0.717, 1.165) is 6.42 Å². The van der Waals surface area contributed by atoms with Crippen LogP contribution in [0, 0.1) is 5.92 Å². The first kappa shape index (κ1) is 18.7. The molecule has 3 aromatic rings. The molecule has 0 spiro atoms. The molecule has 2 bridgehead atoms. The lowest BCUT2D eigenvalue weighted by Crippen LogP contribution is -2.40. The topological polar surface area (TPSA) is 71.3 Å². The van der Waals surface area contributed by atoms with E-state index >= 15 is 0 Å². The lowest BCUT2D eigenvalue weighted by molar-refractivity contribution is -0.121. The summed E-state index contributed by atoms with van der Waals surface area (Å²) >= 11 is 0. The van der Waals surface area contributed by atoms with Gasteiger partial charge in [-0.1, -0.05) is 48.5 Å². The molecule has 0 aliphatic heterocycles. The van der Waals surface area contributed by atoms with Crippen LogP contribution in [0.4, 0.5) is 0 Å². The maximum Gasteiger partial charge on any atom is 0.254 e. The van der Waals surface area contributed by atoms with Crippen LogP contribution in [0.3, 0.4) is 0 Å². The van der Waals surface area contributed by atoms with Crippen molar-refractivity contribution >= 4 is 11.8 Å². The number of carbonyl (C=O) groups is 2. The normalized spacial score (nSPS) is 20.9. The van der Waals surface area contributed by atoms with Crippen molar-refractivity contribution in [2.24, 2.45) is 5.92 Å². The smallest absolute Gasteiger partial charge is 0.254 e. The first-order chi connectivity index (χ1) is 14.7. The number of hydrogen-bond donors (Lipinski definition) is 2. The molecule has 0 fully saturated rings. The molecular formula is C25H24N2O3. The highest BCUT2D eigenvalue weighted by Gasteiger charge is 2.42. The number of fused-ring (bicyclic) bond motifs is 1. The Morgan fingerprint density at radius 3 is 2.20 bits per heavy atom. The summed E-state index contributed by atoms with van der Waals surface area (Å²) < 4.78 is 4.90. The third kappa shape index (κ3) is 3.30. The molecule has 1 unspecified atom stereocenters. The Morgan fingerprint density at radius 2 is 1.57 bits per heavy atom. The Kier molecular flexibility index (Phi) is 4.87. The maximum absolute atomic E-state index is 12.4. The third-order valence-electron chi connectivity index (χ3n) is 6.41. The van der Waals surface area contributed by atoms with Crippen molar-refractivity contribution in [3.8, 4) is 0 Å². The minimum Gasteiger partial charge on any atom is -0.472 e. The molecule has 5 nitrogen and oxygen atoms in total. The zero-order valence-corrected chi connectivity index (χ0v) is 16.6. The highest BCUT2D eigenvalue weighted by molar-refractivity contribution is 5.94. The molecule has 6 rings (SSSR count). The van der Waals surface area contributed by atoms with Crippen LogP contribution in [0.15, 0.2) is 71.5 Å². The second-order valence-electron chi connectivity index (χ2n) is 8.11. The Morgan fingerprint density at radius 1 is 0.900 bits per heavy atom. The molecule has 1 aromatic heterocycles. The van der Waals surface area contributed by atoms with Crippen LogP contribution in [-0.4, -0.2) is 24.9 Å². The lowest BCUT2D eigenvalue weighted by Gasteiger charge is -2.45. The van der Waals surface area contributed by atoms with E-state index in [9.17, 15) is 9.59 Å². The molecule has 0 saturated carbocycles. The molecule has 0 radical (unpaired) electrons. The maximum atomic E-state index is 12.4. The van der Waals surface area contributed by atoms with Gasteiger partial charge >= 0.3 is 0 Å². The largest absolute Gasteiger partial charge is 0.472 e. The molecule has 3 aliphatic rings. The first-order valence-electron chi connectivity index (χ1n) is 10.5. The average molecular weight is 400 g/mol. The van der Waals surface area contributed by atoms with Crippen molar-refractivity contribution in [1.82, 2.24) is 10.6 Å². The number of nitrogens with one attached hydrogen (secondary N) is 2. The molecule has 1 heterocycles. The molecule has 5 heteroatoms. The van der Waals surface area contributed by atoms with Crippen LogP contribution in [0.1, 0.15) is 57.3 Å². The van der Waals surface area contributed by atoms with E-state index in [-0.39, 0.29) is 18.2 Å². The highest BCUT2D eigenvalue weighted by atomic mass is 16.3. The van der Waals surface area contributed by atoms with Gasteiger partial charge in [-0.25, -0.2) is 0 Å². The fourth-order valence-corrected chi connectivity index (χ4v) is 5.08. The lowest BCUT2D eigenvalue weighted by atomic mass is 9.59. The van der Waals surface area contributed by atoms with Crippen LogP contribution in [0.25, 0.3) is 0 Å². The Hall–Kier alpha value is -3.34. The predicted molar refractivity (Wildman–Crippen MR) is 113 cm³/mol. The first-order valence-corrected chi connectivity index (χ1v) is 10.5. The molecule has 3 aliphatic carbocycles. The van der Waals surface area contributed by atoms with Gasteiger partial charge in [-0.3, -0.25) is 9.59 Å². The van der Waals surface area contributed by atoms with E-state index in [1.54, 1.807) is 6.07 Å². The predicted octanol–water partition coefficient (Wildman–Crippen LogP) is 3.81. The molecule has 0 saturated heterocycles. The molecule has 2 amide bonds. The van der Waals surface area contributed by atoms with Crippen molar-refractivity contribution in [3.63, 3.8) is 0 Å². The summed E-state index contributed by atoms with van der Waals surface area (Å²) in [5, 5.41) is 5.85. The number of benzene rings is 2. The SMILES string of the molecule is O=C(CCNC(=O)c1ccoc1)NCC1CC2c3ccccc3C1c1ccccc12. The van der Waals surface area contributed by atoms with Crippen LogP contribution in [0.2, 0.25) is 0 Å². The van der Waals surface area contributed by atoms with E-state index in [1.807, 2.05) is 0 Å². The molecule has 152 valence electrons. The van der Waals surface area contributed by atoms with Gasteiger partial charge in [-0.2, -0.15) is 0 Å². The van der Waals surface area contributed by atoms with E-state index in [2.05, 4.69) is 59.2 Å². The second kappa shape index (κ2) is 7.82. The number of amides is 2. The summed E-state index contributed by atoms with van der Waals surface area (Å²) in [6.45, 7) is 0.955. The Balaban J connectivity index is 1.21. The fourth-order valence-electron chi connectivity index (χ4n) is 5.08. The quantitative estimate of drug-likeness (QED) is 0.661. The molecule has 2 N–H and O–H groups in total. The highest BCUT2D eigenvalue weighted by Crippen LogP contribution is 2.55. The summed E-state index contributed by atoms with van der Waals surface area (Å²) in [4.78, 5) is 24.3. The van der Waals surface area contributed by atoms with Crippen molar-refractivity contribution in [1.29, 1.82) is 0 Å². The minimum atomic E-state index is -0.227. The van der Waals surface area contributed by atoms with Crippen LogP contribution < -0.4 is 10.6 Å². The van der Waals surface area contributed by atoms with Gasteiger partial charge in [0.25, 0.3) is 5.91 Å². The van der Waals surface area contributed by atoms with E-state index in [1.165, 1.54) is 34.8 Å². The van der Waals surface area contributed by atoms with Crippen molar-refractivity contribution in [2.75, 3.05) is 13.1 Å². The zero-order chi connectivity index (χ0) is 20.5. The van der Waals surface area contributed by atoms with Gasteiger partial charge in [-0.05, 0) is 40.7 Å². The van der Waals surface area contributed by atoms with Gasteiger partial charge in [-0.15, -0.1) is 0 Å². The summed E-state index contributed by atoms with van der Waals surface area (Å²) in [7, 11) is 0. The van der Waals surface area contributed by atoms with Crippen molar-refractivity contribution in [3.05, 3.63) is 94.9 Å². The third-order valence-corrected chi connectivity index (χ3v) is 6.41. The van der Waals surface area contributed by atoms with Gasteiger partial charge in [0.2, 0.25) is 5.91 Å². The summed E-state index contributed by atoms with van der Waals surface area (Å²) in [6, 6.07) is 19.0. The van der Waals surface area contributed by atoms with Gasteiger partial charge in [0.15, 0.2) is 0 Å². The van der Waals surface area contributed by atoms with Crippen LogP contribution in [-0.2, 0) is 4.79 Å². The number of hydrogen-bond acceptors (Lipinski definition) is 3. The minimum absolute atomic E-state index is 0.0366.